The molecule has 1 fully saturated rings. The van der Waals surface area contributed by atoms with E-state index in [4.69, 9.17) is 5.73 Å². The maximum absolute atomic E-state index is 6.09. The summed E-state index contributed by atoms with van der Waals surface area (Å²) in [5, 5.41) is 0. The van der Waals surface area contributed by atoms with Crippen molar-refractivity contribution in [2.24, 2.45) is 5.73 Å². The molecule has 2 N–H and O–H groups in total. The molecule has 0 aromatic rings. The standard InChI is InChI=1S/C10H22N2.2C2H6/c1-3-12(4-2)10-8-6-5-7-9(10)11;2*1-2/h9-10H,3-8,11H2,1-2H3;2*1-2H3. The zero-order valence-electron chi connectivity index (χ0n) is 12.4. The lowest BCUT2D eigenvalue weighted by atomic mass is 9.90. The zero-order chi connectivity index (χ0) is 13.0. The molecule has 2 atom stereocenters. The number of rotatable bonds is 3. The van der Waals surface area contributed by atoms with Crippen molar-refractivity contribution in [1.29, 1.82) is 0 Å². The molecule has 0 aliphatic heterocycles. The highest BCUT2D eigenvalue weighted by molar-refractivity contribution is 4.84. The van der Waals surface area contributed by atoms with Crippen molar-refractivity contribution in [3.05, 3.63) is 0 Å². The Morgan fingerprint density at radius 1 is 0.938 bits per heavy atom. The van der Waals surface area contributed by atoms with Crippen LogP contribution in [-0.4, -0.2) is 30.1 Å². The third-order valence-electron chi connectivity index (χ3n) is 3.06. The number of nitrogens with zero attached hydrogens (tertiary/aromatic N) is 1. The fraction of sp³-hybridized carbons (Fsp3) is 1.00. The van der Waals surface area contributed by atoms with Gasteiger partial charge in [0.1, 0.15) is 0 Å². The molecule has 1 aliphatic rings. The van der Waals surface area contributed by atoms with Gasteiger partial charge >= 0.3 is 0 Å². The first-order valence-corrected chi connectivity index (χ1v) is 7.29. The topological polar surface area (TPSA) is 29.3 Å². The molecule has 2 nitrogen and oxygen atoms in total. The molecule has 0 bridgehead atoms. The van der Waals surface area contributed by atoms with Crippen LogP contribution >= 0.6 is 0 Å². The van der Waals surface area contributed by atoms with E-state index in [0.29, 0.717) is 12.1 Å². The first kappa shape index (κ1) is 18.3. The average molecular weight is 230 g/mol. The van der Waals surface area contributed by atoms with E-state index >= 15 is 0 Å². The molecule has 0 saturated heterocycles. The summed E-state index contributed by atoms with van der Waals surface area (Å²) in [6, 6.07) is 1.09. The van der Waals surface area contributed by atoms with Crippen molar-refractivity contribution in [3.8, 4) is 0 Å². The van der Waals surface area contributed by atoms with E-state index in [2.05, 4.69) is 18.7 Å². The Morgan fingerprint density at radius 3 is 1.75 bits per heavy atom. The number of nitrogens with two attached hydrogens (primary N) is 1. The van der Waals surface area contributed by atoms with Crippen LogP contribution in [0, 0.1) is 0 Å². The molecule has 1 rings (SSSR count). The molecule has 1 saturated carbocycles. The zero-order valence-corrected chi connectivity index (χ0v) is 12.4. The van der Waals surface area contributed by atoms with Gasteiger partial charge in [0.25, 0.3) is 0 Å². The second-order valence-corrected chi connectivity index (χ2v) is 3.74. The molecule has 1 aliphatic carbocycles. The summed E-state index contributed by atoms with van der Waals surface area (Å²) in [5.41, 5.74) is 6.09. The van der Waals surface area contributed by atoms with Crippen molar-refractivity contribution in [2.75, 3.05) is 13.1 Å². The van der Waals surface area contributed by atoms with Gasteiger partial charge in [-0.1, -0.05) is 54.4 Å². The summed E-state index contributed by atoms with van der Waals surface area (Å²) in [5.74, 6) is 0. The van der Waals surface area contributed by atoms with E-state index in [1.54, 1.807) is 0 Å². The lowest BCUT2D eigenvalue weighted by Gasteiger charge is -2.37. The van der Waals surface area contributed by atoms with E-state index in [0.717, 1.165) is 13.1 Å². The summed E-state index contributed by atoms with van der Waals surface area (Å²) in [4.78, 5) is 2.50. The minimum atomic E-state index is 0.429. The van der Waals surface area contributed by atoms with Gasteiger partial charge in [-0.2, -0.15) is 0 Å². The van der Waals surface area contributed by atoms with Crippen LogP contribution < -0.4 is 5.73 Å². The van der Waals surface area contributed by atoms with Gasteiger partial charge in [-0.25, -0.2) is 0 Å². The molecule has 0 heterocycles. The maximum Gasteiger partial charge on any atom is 0.0246 e. The predicted octanol–water partition coefficient (Wildman–Crippen LogP) is 3.65. The summed E-state index contributed by atoms with van der Waals surface area (Å²) in [6.45, 7) is 14.7. The average Bonchev–Trinajstić information content (AvgIpc) is 2.38. The third-order valence-corrected chi connectivity index (χ3v) is 3.06. The van der Waals surface area contributed by atoms with E-state index in [-0.39, 0.29) is 0 Å². The number of hydrogen-bond acceptors (Lipinski definition) is 2. The van der Waals surface area contributed by atoms with Crippen LogP contribution in [-0.2, 0) is 0 Å². The predicted molar refractivity (Wildman–Crippen MR) is 75.8 cm³/mol. The fourth-order valence-corrected chi connectivity index (χ4v) is 2.29. The summed E-state index contributed by atoms with van der Waals surface area (Å²) in [7, 11) is 0. The number of likely N-dealkylation sites (N-methyl/N-ethyl adjacent to an activating group) is 1. The van der Waals surface area contributed by atoms with Crippen LogP contribution in [0.3, 0.4) is 0 Å². The Balaban J connectivity index is 0. The lowest BCUT2D eigenvalue weighted by molar-refractivity contribution is 0.151. The smallest absolute Gasteiger partial charge is 0.0246 e. The van der Waals surface area contributed by atoms with Gasteiger partial charge in [-0.15, -0.1) is 0 Å². The van der Waals surface area contributed by atoms with Crippen LogP contribution in [0.4, 0.5) is 0 Å². The Kier molecular flexibility index (Phi) is 14.8. The van der Waals surface area contributed by atoms with Crippen molar-refractivity contribution in [3.63, 3.8) is 0 Å². The largest absolute Gasteiger partial charge is 0.326 e. The quantitative estimate of drug-likeness (QED) is 0.802. The molecule has 0 spiro atoms. The van der Waals surface area contributed by atoms with Gasteiger partial charge < -0.3 is 5.73 Å². The van der Waals surface area contributed by atoms with E-state index < -0.39 is 0 Å². The van der Waals surface area contributed by atoms with Crippen molar-refractivity contribution >= 4 is 0 Å². The second-order valence-electron chi connectivity index (χ2n) is 3.74. The van der Waals surface area contributed by atoms with E-state index in [9.17, 15) is 0 Å². The van der Waals surface area contributed by atoms with Crippen LogP contribution in [0.25, 0.3) is 0 Å². The summed E-state index contributed by atoms with van der Waals surface area (Å²) in [6.07, 6.45) is 5.23. The molecule has 0 aromatic carbocycles. The molecular weight excluding hydrogens is 196 g/mol. The Labute approximate surface area is 104 Å². The minimum Gasteiger partial charge on any atom is -0.326 e. The van der Waals surface area contributed by atoms with Crippen LogP contribution in [0.15, 0.2) is 0 Å². The van der Waals surface area contributed by atoms with Gasteiger partial charge in [-0.05, 0) is 25.9 Å². The molecule has 100 valence electrons. The lowest BCUT2D eigenvalue weighted by Crippen LogP contribution is -2.49. The summed E-state index contributed by atoms with van der Waals surface area (Å²) >= 11 is 0. The number of hydrogen-bond donors (Lipinski definition) is 1. The van der Waals surface area contributed by atoms with Gasteiger partial charge in [0, 0.05) is 12.1 Å². The highest BCUT2D eigenvalue weighted by Gasteiger charge is 2.25. The van der Waals surface area contributed by atoms with Gasteiger partial charge in [0.2, 0.25) is 0 Å². The molecular formula is C14H34N2. The molecule has 2 heteroatoms. The van der Waals surface area contributed by atoms with E-state index in [1.165, 1.54) is 25.7 Å². The Morgan fingerprint density at radius 2 is 1.38 bits per heavy atom. The van der Waals surface area contributed by atoms with Crippen molar-refractivity contribution < 1.29 is 0 Å². The molecule has 0 amide bonds. The normalized spacial score (nSPS) is 24.0. The van der Waals surface area contributed by atoms with Gasteiger partial charge in [0.05, 0.1) is 0 Å². The van der Waals surface area contributed by atoms with Crippen LogP contribution in [0.2, 0.25) is 0 Å². The fourth-order valence-electron chi connectivity index (χ4n) is 2.29. The SMILES string of the molecule is CC.CC.CCN(CC)C1CCCCC1N. The highest BCUT2D eigenvalue weighted by atomic mass is 15.2. The monoisotopic (exact) mass is 230 g/mol. The summed E-state index contributed by atoms with van der Waals surface area (Å²) < 4.78 is 0. The second kappa shape index (κ2) is 13.0. The minimum absolute atomic E-state index is 0.429. The Bertz CT molecular complexity index is 122. The van der Waals surface area contributed by atoms with Crippen molar-refractivity contribution in [2.45, 2.75) is 79.3 Å². The van der Waals surface area contributed by atoms with E-state index in [1.807, 2.05) is 27.7 Å². The highest BCUT2D eigenvalue weighted by Crippen LogP contribution is 2.21. The third kappa shape index (κ3) is 6.49. The van der Waals surface area contributed by atoms with Gasteiger partial charge in [0.15, 0.2) is 0 Å². The molecule has 2 unspecified atom stereocenters. The Hall–Kier alpha value is -0.0800. The maximum atomic E-state index is 6.09. The molecule has 0 aromatic heterocycles. The molecule has 16 heavy (non-hydrogen) atoms. The first-order valence-electron chi connectivity index (χ1n) is 7.29. The first-order chi connectivity index (χ1) is 7.79. The molecule has 0 radical (unpaired) electrons. The van der Waals surface area contributed by atoms with Gasteiger partial charge in [-0.3, -0.25) is 4.90 Å². The van der Waals surface area contributed by atoms with Crippen LogP contribution in [0.1, 0.15) is 67.2 Å². The van der Waals surface area contributed by atoms with Crippen molar-refractivity contribution in [1.82, 2.24) is 4.90 Å². The van der Waals surface area contributed by atoms with Crippen LogP contribution in [0.5, 0.6) is 0 Å².